The molecule has 1 aliphatic rings. The molecule has 4 amide bonds. The van der Waals surface area contributed by atoms with Crippen molar-refractivity contribution < 1.29 is 23.9 Å². The van der Waals surface area contributed by atoms with E-state index in [2.05, 4.69) is 16.0 Å². The molecule has 0 bridgehead atoms. The number of thioether (sulfide) groups is 1. The lowest BCUT2D eigenvalue weighted by Crippen LogP contribution is -2.45. The van der Waals surface area contributed by atoms with Crippen LogP contribution in [-0.2, 0) is 14.3 Å². The maximum absolute atomic E-state index is 12.4. The number of imide groups is 1. The van der Waals surface area contributed by atoms with Gasteiger partial charge in [0.05, 0.1) is 0 Å². The number of rotatable bonds is 9. The molecule has 0 heterocycles. The predicted molar refractivity (Wildman–Crippen MR) is 106 cm³/mol. The van der Waals surface area contributed by atoms with Crippen LogP contribution in [0.4, 0.5) is 4.79 Å². The molecule has 1 aromatic carbocycles. The minimum absolute atomic E-state index is 0.114. The fourth-order valence-electron chi connectivity index (χ4n) is 2.36. The largest absolute Gasteiger partial charge is 0.454 e. The number of esters is 1. The van der Waals surface area contributed by atoms with Crippen LogP contribution in [0.1, 0.15) is 35.2 Å². The van der Waals surface area contributed by atoms with E-state index in [1.165, 1.54) is 11.8 Å². The highest BCUT2D eigenvalue weighted by atomic mass is 32.2. The first-order valence-electron chi connectivity index (χ1n) is 9.02. The molecular weight excluding hydrogens is 382 g/mol. The van der Waals surface area contributed by atoms with E-state index in [1.54, 1.807) is 18.2 Å². The number of hydrogen-bond donors (Lipinski definition) is 3. The number of ether oxygens (including phenoxy) is 1. The van der Waals surface area contributed by atoms with Crippen molar-refractivity contribution in [1.29, 1.82) is 0 Å². The van der Waals surface area contributed by atoms with Gasteiger partial charge in [-0.1, -0.05) is 17.7 Å². The zero-order valence-electron chi connectivity index (χ0n) is 15.9. The van der Waals surface area contributed by atoms with Gasteiger partial charge in [0.2, 0.25) is 0 Å². The molecule has 0 radical (unpaired) electrons. The molecule has 152 valence electrons. The molecule has 0 spiro atoms. The van der Waals surface area contributed by atoms with Crippen molar-refractivity contribution in [2.24, 2.45) is 0 Å². The summed E-state index contributed by atoms with van der Waals surface area (Å²) in [7, 11) is 0. The van der Waals surface area contributed by atoms with E-state index in [0.717, 1.165) is 18.4 Å². The molecule has 0 aliphatic heterocycles. The number of amides is 4. The third-order valence-corrected chi connectivity index (χ3v) is 4.64. The molecule has 1 fully saturated rings. The number of aryl methyl sites for hydroxylation is 1. The van der Waals surface area contributed by atoms with Crippen LogP contribution >= 0.6 is 11.8 Å². The van der Waals surface area contributed by atoms with Gasteiger partial charge in [0.1, 0.15) is 6.04 Å². The average molecular weight is 407 g/mol. The third kappa shape index (κ3) is 7.59. The lowest BCUT2D eigenvalue weighted by Gasteiger charge is -2.17. The Morgan fingerprint density at radius 2 is 2.00 bits per heavy atom. The monoisotopic (exact) mass is 407 g/mol. The van der Waals surface area contributed by atoms with E-state index in [4.69, 9.17) is 4.74 Å². The molecule has 1 aromatic rings. The van der Waals surface area contributed by atoms with Gasteiger partial charge in [-0.05, 0) is 50.3 Å². The third-order valence-electron chi connectivity index (χ3n) is 3.99. The van der Waals surface area contributed by atoms with Gasteiger partial charge >= 0.3 is 12.0 Å². The van der Waals surface area contributed by atoms with E-state index >= 15 is 0 Å². The molecule has 8 nitrogen and oxygen atoms in total. The number of hydrogen-bond acceptors (Lipinski definition) is 6. The Bertz CT molecular complexity index is 736. The van der Waals surface area contributed by atoms with Gasteiger partial charge in [0.25, 0.3) is 11.8 Å². The first-order chi connectivity index (χ1) is 13.4. The van der Waals surface area contributed by atoms with Crippen LogP contribution in [0.3, 0.4) is 0 Å². The van der Waals surface area contributed by atoms with Crippen LogP contribution in [0.2, 0.25) is 0 Å². The van der Waals surface area contributed by atoms with Crippen LogP contribution in [0.15, 0.2) is 24.3 Å². The van der Waals surface area contributed by atoms with Gasteiger partial charge in [-0.3, -0.25) is 14.9 Å². The zero-order chi connectivity index (χ0) is 20.5. The number of carbonyl (C=O) groups excluding carboxylic acids is 4. The normalized spacial score (nSPS) is 13.9. The van der Waals surface area contributed by atoms with Crippen molar-refractivity contribution in [2.45, 2.75) is 38.3 Å². The second kappa shape index (κ2) is 10.7. The lowest BCUT2D eigenvalue weighted by atomic mass is 10.1. The zero-order valence-corrected chi connectivity index (χ0v) is 16.8. The van der Waals surface area contributed by atoms with Gasteiger partial charge < -0.3 is 15.4 Å². The fourth-order valence-corrected chi connectivity index (χ4v) is 2.83. The molecule has 2 rings (SSSR count). The second-order valence-electron chi connectivity index (χ2n) is 6.58. The van der Waals surface area contributed by atoms with E-state index in [0.29, 0.717) is 17.7 Å². The molecule has 28 heavy (non-hydrogen) atoms. The summed E-state index contributed by atoms with van der Waals surface area (Å²) in [6.45, 7) is 1.28. The highest BCUT2D eigenvalue weighted by molar-refractivity contribution is 7.98. The minimum Gasteiger partial charge on any atom is -0.454 e. The van der Waals surface area contributed by atoms with Crippen LogP contribution in [-0.4, -0.2) is 54.5 Å². The number of nitrogens with one attached hydrogen (secondary N) is 3. The van der Waals surface area contributed by atoms with Gasteiger partial charge in [-0.2, -0.15) is 11.8 Å². The fraction of sp³-hybridized carbons (Fsp3) is 0.474. The summed E-state index contributed by atoms with van der Waals surface area (Å²) in [6.07, 6.45) is 4.04. The maximum atomic E-state index is 12.4. The van der Waals surface area contributed by atoms with Crippen molar-refractivity contribution >= 4 is 35.6 Å². The van der Waals surface area contributed by atoms with Gasteiger partial charge in [0, 0.05) is 11.6 Å². The van der Waals surface area contributed by atoms with Crippen molar-refractivity contribution in [2.75, 3.05) is 18.6 Å². The van der Waals surface area contributed by atoms with Crippen LogP contribution < -0.4 is 16.0 Å². The van der Waals surface area contributed by atoms with E-state index in [1.807, 2.05) is 19.2 Å². The average Bonchev–Trinajstić information content (AvgIpc) is 3.46. The molecule has 1 atom stereocenters. The van der Waals surface area contributed by atoms with E-state index in [9.17, 15) is 19.2 Å². The van der Waals surface area contributed by atoms with Gasteiger partial charge in [0.15, 0.2) is 6.61 Å². The molecule has 1 aliphatic carbocycles. The number of benzene rings is 1. The van der Waals surface area contributed by atoms with Gasteiger partial charge in [-0.25, -0.2) is 9.59 Å². The number of urea groups is 1. The Balaban J connectivity index is 1.85. The van der Waals surface area contributed by atoms with Crippen LogP contribution in [0, 0.1) is 6.92 Å². The smallest absolute Gasteiger partial charge is 0.329 e. The van der Waals surface area contributed by atoms with Crippen molar-refractivity contribution in [3.8, 4) is 0 Å². The van der Waals surface area contributed by atoms with Crippen LogP contribution in [0.5, 0.6) is 0 Å². The summed E-state index contributed by atoms with van der Waals surface area (Å²) < 4.78 is 4.99. The molecule has 0 unspecified atom stereocenters. The second-order valence-corrected chi connectivity index (χ2v) is 7.57. The Kier molecular flexibility index (Phi) is 8.31. The summed E-state index contributed by atoms with van der Waals surface area (Å²) >= 11 is 1.53. The molecule has 3 N–H and O–H groups in total. The highest BCUT2D eigenvalue weighted by Gasteiger charge is 2.25. The maximum Gasteiger partial charge on any atom is 0.329 e. The molecule has 1 saturated carbocycles. The molecule has 0 aromatic heterocycles. The summed E-state index contributed by atoms with van der Waals surface area (Å²) in [5.41, 5.74) is 1.37. The standard InChI is InChI=1S/C19H25N3O5S/c1-12-4-3-5-13(10-12)17(24)21-15(8-9-28-2)18(25)27-11-16(23)22-19(26)20-14-6-7-14/h3-5,10,14-15H,6-9,11H2,1-2H3,(H,21,24)(H2,20,22,23,26)/t15-/m0/s1. The summed E-state index contributed by atoms with van der Waals surface area (Å²) in [5.74, 6) is -1.20. The summed E-state index contributed by atoms with van der Waals surface area (Å²) in [6, 6.07) is 5.64. The topological polar surface area (TPSA) is 114 Å². The quantitative estimate of drug-likeness (QED) is 0.533. The minimum atomic E-state index is -0.881. The van der Waals surface area contributed by atoms with Crippen molar-refractivity contribution in [3.05, 3.63) is 35.4 Å². The Hall–Kier alpha value is -2.55. The SMILES string of the molecule is CSCC[C@H](NC(=O)c1cccc(C)c1)C(=O)OCC(=O)NC(=O)NC1CC1. The molecule has 0 saturated heterocycles. The number of carbonyl (C=O) groups is 4. The molecular formula is C19H25N3O5S. The Labute approximate surface area is 168 Å². The first kappa shape index (κ1) is 21.7. The first-order valence-corrected chi connectivity index (χ1v) is 10.4. The Morgan fingerprint density at radius 1 is 1.25 bits per heavy atom. The van der Waals surface area contributed by atoms with E-state index in [-0.39, 0.29) is 11.9 Å². The summed E-state index contributed by atoms with van der Waals surface area (Å²) in [4.78, 5) is 48.0. The van der Waals surface area contributed by atoms with Gasteiger partial charge in [-0.15, -0.1) is 0 Å². The lowest BCUT2D eigenvalue weighted by molar-refractivity contribution is -0.150. The van der Waals surface area contributed by atoms with E-state index < -0.39 is 30.6 Å². The van der Waals surface area contributed by atoms with Crippen molar-refractivity contribution in [1.82, 2.24) is 16.0 Å². The molecule has 9 heteroatoms. The van der Waals surface area contributed by atoms with Crippen molar-refractivity contribution in [3.63, 3.8) is 0 Å². The summed E-state index contributed by atoms with van der Waals surface area (Å²) in [5, 5.41) is 7.36. The highest BCUT2D eigenvalue weighted by Crippen LogP contribution is 2.18. The predicted octanol–water partition coefficient (Wildman–Crippen LogP) is 1.38. The van der Waals surface area contributed by atoms with Crippen LogP contribution in [0.25, 0.3) is 0 Å². The Morgan fingerprint density at radius 3 is 2.64 bits per heavy atom.